The van der Waals surface area contributed by atoms with Gasteiger partial charge < -0.3 is 16.0 Å². The van der Waals surface area contributed by atoms with Gasteiger partial charge in [-0.3, -0.25) is 4.79 Å². The fraction of sp³-hybridized carbons (Fsp3) is 0.462. The minimum Gasteiger partial charge on any atom is -0.372 e. The van der Waals surface area contributed by atoms with Crippen molar-refractivity contribution in [2.24, 2.45) is 5.73 Å². The lowest BCUT2D eigenvalue weighted by atomic mass is 10.2. The number of hydrogen-bond acceptors (Lipinski definition) is 3. The number of carbonyl (C=O) groups excluding carboxylic acids is 1. The van der Waals surface area contributed by atoms with E-state index in [4.69, 9.17) is 5.73 Å². The monoisotopic (exact) mass is 235 g/mol. The summed E-state index contributed by atoms with van der Waals surface area (Å²) in [4.78, 5) is 13.4. The minimum atomic E-state index is -0.333. The zero-order valence-electron chi connectivity index (χ0n) is 10.7. The lowest BCUT2D eigenvalue weighted by Crippen LogP contribution is -2.50. The lowest BCUT2D eigenvalue weighted by molar-refractivity contribution is -0.119. The van der Waals surface area contributed by atoms with Crippen LogP contribution in [0.3, 0.4) is 0 Å². The number of primary amides is 1. The summed E-state index contributed by atoms with van der Waals surface area (Å²) in [7, 11) is 1.95. The molecule has 1 amide bonds. The van der Waals surface area contributed by atoms with Gasteiger partial charge in [-0.1, -0.05) is 32.0 Å². The maximum Gasteiger partial charge on any atom is 0.236 e. The van der Waals surface area contributed by atoms with Crippen LogP contribution in [0.5, 0.6) is 0 Å². The Balaban J connectivity index is 2.64. The van der Waals surface area contributed by atoms with Crippen molar-refractivity contribution >= 4 is 11.6 Å². The predicted octanol–water partition coefficient (Wildman–Crippen LogP) is 0.975. The Bertz CT molecular complexity index is 351. The second kappa shape index (κ2) is 6.25. The Morgan fingerprint density at radius 2 is 1.94 bits per heavy atom. The summed E-state index contributed by atoms with van der Waals surface area (Å²) >= 11 is 0. The van der Waals surface area contributed by atoms with Gasteiger partial charge in [-0.2, -0.15) is 0 Å². The molecule has 1 unspecified atom stereocenters. The van der Waals surface area contributed by atoms with Gasteiger partial charge in [-0.25, -0.2) is 0 Å². The fourth-order valence-electron chi connectivity index (χ4n) is 1.69. The molecule has 0 saturated heterocycles. The number of benzene rings is 1. The molecule has 0 aliphatic rings. The van der Waals surface area contributed by atoms with Crippen LogP contribution in [-0.4, -0.2) is 31.6 Å². The summed E-state index contributed by atoms with van der Waals surface area (Å²) in [6.45, 7) is 4.56. The number of amides is 1. The van der Waals surface area contributed by atoms with Crippen molar-refractivity contribution in [3.05, 3.63) is 30.3 Å². The average Bonchev–Trinajstić information content (AvgIpc) is 2.28. The van der Waals surface area contributed by atoms with Gasteiger partial charge in [0, 0.05) is 25.3 Å². The molecule has 0 fully saturated rings. The SMILES string of the molecule is CC(C)NC(CN(C)c1ccccc1)C(N)=O. The fourth-order valence-corrected chi connectivity index (χ4v) is 1.69. The molecule has 0 radical (unpaired) electrons. The third-order valence-electron chi connectivity index (χ3n) is 2.53. The number of anilines is 1. The number of nitrogens with two attached hydrogens (primary N) is 1. The van der Waals surface area contributed by atoms with E-state index in [2.05, 4.69) is 5.32 Å². The summed E-state index contributed by atoms with van der Waals surface area (Å²) in [5.41, 5.74) is 6.46. The van der Waals surface area contributed by atoms with Gasteiger partial charge in [0.2, 0.25) is 5.91 Å². The molecule has 1 aromatic rings. The van der Waals surface area contributed by atoms with Crippen LogP contribution >= 0.6 is 0 Å². The summed E-state index contributed by atoms with van der Waals surface area (Å²) in [5, 5.41) is 3.16. The third kappa shape index (κ3) is 4.44. The van der Waals surface area contributed by atoms with Crippen LogP contribution in [0.1, 0.15) is 13.8 Å². The van der Waals surface area contributed by atoms with Gasteiger partial charge in [-0.15, -0.1) is 0 Å². The van der Waals surface area contributed by atoms with Gasteiger partial charge in [0.15, 0.2) is 0 Å². The van der Waals surface area contributed by atoms with Gasteiger partial charge >= 0.3 is 0 Å². The molecule has 0 heterocycles. The van der Waals surface area contributed by atoms with Crippen LogP contribution in [0.2, 0.25) is 0 Å². The number of hydrogen-bond donors (Lipinski definition) is 2. The molecule has 0 saturated carbocycles. The van der Waals surface area contributed by atoms with Crippen LogP contribution in [0.25, 0.3) is 0 Å². The van der Waals surface area contributed by atoms with Crippen LogP contribution in [0.15, 0.2) is 30.3 Å². The van der Waals surface area contributed by atoms with Crippen molar-refractivity contribution in [2.75, 3.05) is 18.5 Å². The number of carbonyl (C=O) groups is 1. The van der Waals surface area contributed by atoms with E-state index >= 15 is 0 Å². The van der Waals surface area contributed by atoms with Crippen molar-refractivity contribution in [1.29, 1.82) is 0 Å². The molecule has 17 heavy (non-hydrogen) atoms. The molecule has 4 heteroatoms. The van der Waals surface area contributed by atoms with E-state index < -0.39 is 0 Å². The zero-order chi connectivity index (χ0) is 12.8. The minimum absolute atomic E-state index is 0.233. The Kier molecular flexibility index (Phi) is 4.97. The summed E-state index contributed by atoms with van der Waals surface area (Å²) in [6.07, 6.45) is 0. The van der Waals surface area contributed by atoms with Crippen LogP contribution in [-0.2, 0) is 4.79 Å². The molecule has 1 aromatic carbocycles. The molecule has 1 rings (SSSR count). The Hall–Kier alpha value is -1.55. The molecule has 1 atom stereocenters. The van der Waals surface area contributed by atoms with E-state index in [1.54, 1.807) is 0 Å². The van der Waals surface area contributed by atoms with Crippen molar-refractivity contribution in [3.8, 4) is 0 Å². The number of likely N-dealkylation sites (N-methyl/N-ethyl adjacent to an activating group) is 1. The first-order chi connectivity index (χ1) is 8.00. The lowest BCUT2D eigenvalue weighted by Gasteiger charge is -2.26. The summed E-state index contributed by atoms with van der Waals surface area (Å²) in [6, 6.07) is 9.83. The molecule has 4 nitrogen and oxygen atoms in total. The summed E-state index contributed by atoms with van der Waals surface area (Å²) < 4.78 is 0. The third-order valence-corrected chi connectivity index (χ3v) is 2.53. The smallest absolute Gasteiger partial charge is 0.236 e. The van der Waals surface area contributed by atoms with E-state index in [1.807, 2.05) is 56.1 Å². The van der Waals surface area contributed by atoms with Gasteiger partial charge in [0.05, 0.1) is 0 Å². The molecule has 0 aliphatic carbocycles. The van der Waals surface area contributed by atoms with E-state index in [1.165, 1.54) is 0 Å². The maximum atomic E-state index is 11.3. The van der Waals surface area contributed by atoms with E-state index in [9.17, 15) is 4.79 Å². The molecular formula is C13H21N3O. The first-order valence-electron chi connectivity index (χ1n) is 5.82. The highest BCUT2D eigenvalue weighted by Gasteiger charge is 2.18. The zero-order valence-corrected chi connectivity index (χ0v) is 10.7. The largest absolute Gasteiger partial charge is 0.372 e. The van der Waals surface area contributed by atoms with Gasteiger partial charge in [-0.05, 0) is 12.1 Å². The topological polar surface area (TPSA) is 58.4 Å². The van der Waals surface area contributed by atoms with E-state index in [0.29, 0.717) is 6.54 Å². The number of nitrogens with one attached hydrogen (secondary N) is 1. The summed E-state index contributed by atoms with van der Waals surface area (Å²) in [5.74, 6) is -0.318. The van der Waals surface area contributed by atoms with Gasteiger partial charge in [0.1, 0.15) is 6.04 Å². The molecule has 0 aliphatic heterocycles. The van der Waals surface area contributed by atoms with Crippen molar-refractivity contribution < 1.29 is 4.79 Å². The molecule has 0 aromatic heterocycles. The van der Waals surface area contributed by atoms with Crippen molar-refractivity contribution in [1.82, 2.24) is 5.32 Å². The molecule has 3 N–H and O–H groups in total. The van der Waals surface area contributed by atoms with Crippen LogP contribution in [0.4, 0.5) is 5.69 Å². The highest BCUT2D eigenvalue weighted by Crippen LogP contribution is 2.11. The van der Waals surface area contributed by atoms with Gasteiger partial charge in [0.25, 0.3) is 0 Å². The number of rotatable bonds is 6. The highest BCUT2D eigenvalue weighted by atomic mass is 16.1. The molecule has 0 bridgehead atoms. The van der Waals surface area contributed by atoms with E-state index in [-0.39, 0.29) is 18.0 Å². The maximum absolute atomic E-state index is 11.3. The quantitative estimate of drug-likeness (QED) is 0.772. The second-order valence-corrected chi connectivity index (χ2v) is 4.49. The van der Waals surface area contributed by atoms with E-state index in [0.717, 1.165) is 5.69 Å². The highest BCUT2D eigenvalue weighted by molar-refractivity contribution is 5.80. The first-order valence-corrected chi connectivity index (χ1v) is 5.82. The first kappa shape index (κ1) is 13.5. The average molecular weight is 235 g/mol. The molecular weight excluding hydrogens is 214 g/mol. The van der Waals surface area contributed by atoms with Crippen LogP contribution < -0.4 is 16.0 Å². The Morgan fingerprint density at radius 3 is 2.41 bits per heavy atom. The number of para-hydroxylation sites is 1. The molecule has 0 spiro atoms. The number of nitrogens with zero attached hydrogens (tertiary/aromatic N) is 1. The molecule has 94 valence electrons. The van der Waals surface area contributed by atoms with Crippen molar-refractivity contribution in [2.45, 2.75) is 25.9 Å². The van der Waals surface area contributed by atoms with Crippen LogP contribution in [0, 0.1) is 0 Å². The predicted molar refractivity (Wildman–Crippen MR) is 71.0 cm³/mol. The Morgan fingerprint density at radius 1 is 1.35 bits per heavy atom. The van der Waals surface area contributed by atoms with Crippen molar-refractivity contribution in [3.63, 3.8) is 0 Å². The Labute approximate surface area is 103 Å². The normalized spacial score (nSPS) is 12.5. The standard InChI is InChI=1S/C13H21N3O/c1-10(2)15-12(13(14)17)9-16(3)11-7-5-4-6-8-11/h4-8,10,12,15H,9H2,1-3H3,(H2,14,17). The second-order valence-electron chi connectivity index (χ2n) is 4.49.